The summed E-state index contributed by atoms with van der Waals surface area (Å²) in [5.41, 5.74) is 0.593. The molecule has 0 fully saturated rings. The van der Waals surface area contributed by atoms with Crippen molar-refractivity contribution >= 4 is 34.1 Å². The van der Waals surface area contributed by atoms with Gasteiger partial charge in [-0.05, 0) is 23.6 Å². The third kappa shape index (κ3) is 1.35. The fourth-order valence-electron chi connectivity index (χ4n) is 1.35. The minimum atomic E-state index is 0.593. The zero-order valence-electron chi connectivity index (χ0n) is 7.44. The van der Waals surface area contributed by atoms with Gasteiger partial charge in [-0.25, -0.2) is 0 Å². The highest BCUT2D eigenvalue weighted by molar-refractivity contribution is 7.83. The van der Waals surface area contributed by atoms with Gasteiger partial charge in [-0.15, -0.1) is 24.0 Å². The van der Waals surface area contributed by atoms with Crippen molar-refractivity contribution in [3.63, 3.8) is 0 Å². The lowest BCUT2D eigenvalue weighted by Gasteiger charge is -2.01. The average molecular weight is 221 g/mol. The highest BCUT2D eigenvalue weighted by Crippen LogP contribution is 2.34. The second-order valence-electron chi connectivity index (χ2n) is 2.76. The summed E-state index contributed by atoms with van der Waals surface area (Å²) in [5, 5.41) is 10.0. The lowest BCUT2D eigenvalue weighted by atomic mass is 10.1. The molecule has 4 heteroatoms. The van der Waals surface area contributed by atoms with E-state index in [0.717, 1.165) is 14.3 Å². The van der Waals surface area contributed by atoms with Crippen LogP contribution in [0.5, 0.6) is 5.75 Å². The fraction of sp³-hybridized carbons (Fsp3) is 0.100. The van der Waals surface area contributed by atoms with E-state index in [0.29, 0.717) is 11.3 Å². The van der Waals surface area contributed by atoms with Crippen LogP contribution in [0.1, 0.15) is 5.56 Å². The van der Waals surface area contributed by atoms with E-state index >= 15 is 0 Å². The molecule has 0 saturated heterocycles. The molecule has 0 unspecified atom stereocenters. The molecule has 0 saturated carbocycles. The molecule has 2 rings (SSSR count). The summed E-state index contributed by atoms with van der Waals surface area (Å²) in [7, 11) is 1.57. The third-order valence-electron chi connectivity index (χ3n) is 1.97. The fourth-order valence-corrected chi connectivity index (χ4v) is 2.65. The molecule has 0 aliphatic rings. The second kappa shape index (κ2) is 3.52. The molecule has 0 aliphatic carbocycles. The zero-order valence-corrected chi connectivity index (χ0v) is 9.15. The summed E-state index contributed by atoms with van der Waals surface area (Å²) in [6, 6.07) is 7.84. The Labute approximate surface area is 91.1 Å². The van der Waals surface area contributed by atoms with Gasteiger partial charge in [0, 0.05) is 0 Å². The summed E-state index contributed by atoms with van der Waals surface area (Å²) in [4.78, 5) is 0. The van der Waals surface area contributed by atoms with Crippen LogP contribution in [0.15, 0.2) is 22.4 Å². The van der Waals surface area contributed by atoms with Crippen molar-refractivity contribution in [1.29, 1.82) is 5.26 Å². The number of ether oxygens (including phenoxy) is 1. The predicted molar refractivity (Wildman–Crippen MR) is 60.3 cm³/mol. The zero-order chi connectivity index (χ0) is 10.1. The number of thiol groups is 1. The number of hydrogen-bond acceptors (Lipinski definition) is 4. The Hall–Kier alpha value is -1.18. The molecule has 14 heavy (non-hydrogen) atoms. The molecule has 0 N–H and O–H groups in total. The topological polar surface area (TPSA) is 33.0 Å². The first-order valence-corrected chi connectivity index (χ1v) is 5.22. The molecular weight excluding hydrogens is 214 g/mol. The van der Waals surface area contributed by atoms with Crippen molar-refractivity contribution in [1.82, 2.24) is 0 Å². The first-order chi connectivity index (χ1) is 6.76. The Morgan fingerprint density at radius 1 is 1.50 bits per heavy atom. The van der Waals surface area contributed by atoms with Crippen molar-refractivity contribution in [3.8, 4) is 11.8 Å². The van der Waals surface area contributed by atoms with Gasteiger partial charge in [-0.2, -0.15) is 5.26 Å². The number of methoxy groups -OCH3 is 1. The Bertz CT molecular complexity index is 525. The number of hydrogen-bond donors (Lipinski definition) is 1. The molecule has 1 aromatic carbocycles. The highest BCUT2D eigenvalue weighted by Gasteiger charge is 2.09. The number of fused-ring (bicyclic) bond motifs is 1. The molecule has 0 bridgehead atoms. The van der Waals surface area contributed by atoms with Crippen molar-refractivity contribution in [3.05, 3.63) is 23.8 Å². The van der Waals surface area contributed by atoms with Gasteiger partial charge in [0.2, 0.25) is 0 Å². The maximum Gasteiger partial charge on any atom is 0.138 e. The number of nitriles is 1. The van der Waals surface area contributed by atoms with Crippen LogP contribution in [0.2, 0.25) is 0 Å². The van der Waals surface area contributed by atoms with Gasteiger partial charge in [-0.1, -0.05) is 0 Å². The normalized spacial score (nSPS) is 10.1. The molecule has 0 aliphatic heterocycles. The Kier molecular flexibility index (Phi) is 2.36. The van der Waals surface area contributed by atoms with Gasteiger partial charge < -0.3 is 4.74 Å². The van der Waals surface area contributed by atoms with E-state index in [1.807, 2.05) is 12.1 Å². The van der Waals surface area contributed by atoms with Crippen LogP contribution in [0.4, 0.5) is 0 Å². The summed E-state index contributed by atoms with van der Waals surface area (Å²) in [5.74, 6) is 0.621. The molecule has 0 radical (unpaired) electrons. The molecule has 1 aromatic heterocycles. The highest BCUT2D eigenvalue weighted by atomic mass is 32.2. The first-order valence-electron chi connectivity index (χ1n) is 3.96. The maximum absolute atomic E-state index is 9.01. The molecule has 2 aromatic rings. The number of rotatable bonds is 1. The van der Waals surface area contributed by atoms with Crippen LogP contribution in [-0.4, -0.2) is 7.11 Å². The standard InChI is InChI=1S/C10H7NOS2/c1-12-8-3-2-6-4-9(13)14-10(6)7(8)5-11/h2-4,13H,1H3. The minimum absolute atomic E-state index is 0.593. The van der Waals surface area contributed by atoms with Crippen LogP contribution >= 0.6 is 24.0 Å². The van der Waals surface area contributed by atoms with Crippen molar-refractivity contribution in [2.75, 3.05) is 7.11 Å². The van der Waals surface area contributed by atoms with E-state index in [1.165, 1.54) is 11.3 Å². The molecule has 0 amide bonds. The van der Waals surface area contributed by atoms with Gasteiger partial charge in [0.15, 0.2) is 0 Å². The predicted octanol–water partition coefficient (Wildman–Crippen LogP) is 3.07. The molecule has 70 valence electrons. The monoisotopic (exact) mass is 221 g/mol. The molecule has 1 heterocycles. The quantitative estimate of drug-likeness (QED) is 0.751. The van der Waals surface area contributed by atoms with Gasteiger partial charge in [0.1, 0.15) is 17.4 Å². The second-order valence-corrected chi connectivity index (χ2v) is 4.59. The van der Waals surface area contributed by atoms with Crippen LogP contribution < -0.4 is 4.74 Å². The van der Waals surface area contributed by atoms with E-state index in [1.54, 1.807) is 13.2 Å². The van der Waals surface area contributed by atoms with E-state index in [9.17, 15) is 0 Å². The molecular formula is C10H7NOS2. The van der Waals surface area contributed by atoms with Crippen LogP contribution in [0.25, 0.3) is 10.1 Å². The maximum atomic E-state index is 9.01. The van der Waals surface area contributed by atoms with Crippen LogP contribution in [-0.2, 0) is 0 Å². The van der Waals surface area contributed by atoms with Gasteiger partial charge in [-0.3, -0.25) is 0 Å². The summed E-state index contributed by atoms with van der Waals surface area (Å²) in [6.07, 6.45) is 0. The number of benzene rings is 1. The smallest absolute Gasteiger partial charge is 0.138 e. The SMILES string of the molecule is COc1ccc2cc(S)sc2c1C#N. The number of nitrogens with zero attached hydrogens (tertiary/aromatic N) is 1. The van der Waals surface area contributed by atoms with Gasteiger partial charge in [0.25, 0.3) is 0 Å². The van der Waals surface area contributed by atoms with Crippen LogP contribution in [0.3, 0.4) is 0 Å². The van der Waals surface area contributed by atoms with Gasteiger partial charge >= 0.3 is 0 Å². The third-order valence-corrected chi connectivity index (χ3v) is 3.34. The van der Waals surface area contributed by atoms with E-state index in [4.69, 9.17) is 10.00 Å². The Morgan fingerprint density at radius 3 is 2.93 bits per heavy atom. The largest absolute Gasteiger partial charge is 0.495 e. The van der Waals surface area contributed by atoms with Crippen molar-refractivity contribution < 1.29 is 4.74 Å². The lowest BCUT2D eigenvalue weighted by molar-refractivity contribution is 0.414. The lowest BCUT2D eigenvalue weighted by Crippen LogP contribution is -1.86. The first kappa shape index (κ1) is 9.38. The molecule has 0 atom stereocenters. The van der Waals surface area contributed by atoms with E-state index < -0.39 is 0 Å². The minimum Gasteiger partial charge on any atom is -0.495 e. The van der Waals surface area contributed by atoms with Gasteiger partial charge in [0.05, 0.1) is 16.0 Å². The number of thiophene rings is 1. The Balaban J connectivity index is 2.84. The van der Waals surface area contributed by atoms with Crippen molar-refractivity contribution in [2.45, 2.75) is 4.21 Å². The summed E-state index contributed by atoms with van der Waals surface area (Å²) in [6.45, 7) is 0. The van der Waals surface area contributed by atoms with Crippen LogP contribution in [0, 0.1) is 11.3 Å². The summed E-state index contributed by atoms with van der Waals surface area (Å²) < 4.78 is 6.96. The Morgan fingerprint density at radius 2 is 2.29 bits per heavy atom. The summed E-state index contributed by atoms with van der Waals surface area (Å²) >= 11 is 5.76. The van der Waals surface area contributed by atoms with E-state index in [-0.39, 0.29) is 0 Å². The molecule has 2 nitrogen and oxygen atoms in total. The molecule has 0 spiro atoms. The van der Waals surface area contributed by atoms with E-state index in [2.05, 4.69) is 18.7 Å². The van der Waals surface area contributed by atoms with Crippen molar-refractivity contribution in [2.24, 2.45) is 0 Å². The average Bonchev–Trinajstić information content (AvgIpc) is 2.56.